The molecule has 2 aliphatic carbocycles. The maximum absolute atomic E-state index is 13.3. The average molecular weight is 1010 g/mol. The number of carbonyl (C=O) groups is 3. The normalized spacial score (nSPS) is 15.6. The monoisotopic (exact) mass is 1010 g/mol. The van der Waals surface area contributed by atoms with Crippen molar-refractivity contribution in [2.45, 2.75) is 163 Å². The second kappa shape index (κ2) is 22.1. The molecule has 0 spiro atoms. The van der Waals surface area contributed by atoms with Crippen molar-refractivity contribution >= 4 is 69.1 Å². The standard InChI is InChI=1S/C19H21FN4O2.C17H22F2N4O.C17H24N4O2/c1-4-19(3,26)11-16(25)23-18-22-15-10-5-12(2)21-17(15)24(18)14-8-6-13(20)7-9-14;1-10-7-8-12-14(20-10)23(11-5-4-6-11)16(21-12)22-13(24)9-17(2,3)15(18)19;1-4-17(3,23)10-14(22)20-16-19-13-9-8-11(2)18-15(13)21(16)12-6-5-7-12/h5-10,26H,4,11H2,1-3H3,(H,22,23,25);7-8,11,15H,4-6,9H2,1-3H3,(H,21,22,24);8-9,12,23H,4-7,10H2,1-3H3,(H,19,20,22). The van der Waals surface area contributed by atoms with Crippen LogP contribution in [0.2, 0.25) is 0 Å². The summed E-state index contributed by atoms with van der Waals surface area (Å²) in [6.45, 7) is 15.5. The second-order valence-corrected chi connectivity index (χ2v) is 20.6. The van der Waals surface area contributed by atoms with E-state index in [2.05, 4.69) is 45.9 Å². The zero-order chi connectivity index (χ0) is 53.0. The molecule has 3 amide bonds. The van der Waals surface area contributed by atoms with Gasteiger partial charge in [0.2, 0.25) is 42.0 Å². The summed E-state index contributed by atoms with van der Waals surface area (Å²) in [7, 11) is 0. The molecule has 2 atom stereocenters. The number of amides is 3. The number of carbonyl (C=O) groups excluding carboxylic acids is 3. The molecular formula is C53H67F3N12O5. The number of pyridine rings is 3. The molecule has 1 aromatic carbocycles. The van der Waals surface area contributed by atoms with Crippen molar-refractivity contribution < 1.29 is 37.8 Å². The van der Waals surface area contributed by atoms with Crippen LogP contribution in [0, 0.1) is 32.0 Å². The predicted molar refractivity (Wildman–Crippen MR) is 275 cm³/mol. The lowest BCUT2D eigenvalue weighted by molar-refractivity contribution is -0.121. The van der Waals surface area contributed by atoms with Crippen LogP contribution in [0.15, 0.2) is 60.7 Å². The Balaban J connectivity index is 0.000000161. The number of rotatable bonds is 15. The van der Waals surface area contributed by atoms with Crippen LogP contribution < -0.4 is 16.0 Å². The van der Waals surface area contributed by atoms with Crippen LogP contribution in [-0.4, -0.2) is 89.2 Å². The molecule has 6 aromatic heterocycles. The summed E-state index contributed by atoms with van der Waals surface area (Å²) >= 11 is 0. The highest BCUT2D eigenvalue weighted by Crippen LogP contribution is 2.39. The van der Waals surface area contributed by atoms with Gasteiger partial charge in [-0.1, -0.05) is 27.7 Å². The van der Waals surface area contributed by atoms with Gasteiger partial charge in [0.25, 0.3) is 0 Å². The third-order valence-corrected chi connectivity index (χ3v) is 13.5. The summed E-state index contributed by atoms with van der Waals surface area (Å²) in [6.07, 6.45) is 4.66. The number of aryl methyl sites for hydroxylation is 3. The van der Waals surface area contributed by atoms with E-state index in [1.54, 1.807) is 30.5 Å². The molecular weight excluding hydrogens is 942 g/mol. The van der Waals surface area contributed by atoms with Gasteiger partial charge in [-0.2, -0.15) is 0 Å². The van der Waals surface area contributed by atoms with Gasteiger partial charge in [-0.15, -0.1) is 0 Å². The number of nitrogens with one attached hydrogen (secondary N) is 3. The van der Waals surface area contributed by atoms with E-state index in [0.29, 0.717) is 53.1 Å². The van der Waals surface area contributed by atoms with Crippen molar-refractivity contribution in [3.63, 3.8) is 0 Å². The highest BCUT2D eigenvalue weighted by Gasteiger charge is 2.34. The topological polar surface area (TPSA) is 220 Å². The Morgan fingerprint density at radius 1 is 0.575 bits per heavy atom. The lowest BCUT2D eigenvalue weighted by Gasteiger charge is -2.29. The van der Waals surface area contributed by atoms with E-state index in [-0.39, 0.29) is 48.9 Å². The zero-order valence-corrected chi connectivity index (χ0v) is 43.1. The van der Waals surface area contributed by atoms with E-state index in [4.69, 9.17) is 0 Å². The van der Waals surface area contributed by atoms with Gasteiger partial charge in [0.1, 0.15) is 22.4 Å². The quantitative estimate of drug-likeness (QED) is 0.0650. The fraction of sp³-hybridized carbons (Fsp3) is 0.491. The minimum Gasteiger partial charge on any atom is -0.390 e. The van der Waals surface area contributed by atoms with Crippen LogP contribution >= 0.6 is 0 Å². The Hall–Kier alpha value is -6.80. The first-order valence-electron chi connectivity index (χ1n) is 24.9. The van der Waals surface area contributed by atoms with Gasteiger partial charge in [-0.25, -0.2) is 43.1 Å². The second-order valence-electron chi connectivity index (χ2n) is 20.6. The van der Waals surface area contributed by atoms with Crippen molar-refractivity contribution in [3.05, 3.63) is 83.6 Å². The van der Waals surface area contributed by atoms with Crippen LogP contribution in [0.1, 0.15) is 141 Å². The summed E-state index contributed by atoms with van der Waals surface area (Å²) in [5.74, 6) is -0.152. The maximum atomic E-state index is 13.3. The number of anilines is 3. The number of fused-ring (bicyclic) bond motifs is 3. The Morgan fingerprint density at radius 2 is 0.945 bits per heavy atom. The fourth-order valence-electron chi connectivity index (χ4n) is 8.20. The van der Waals surface area contributed by atoms with Gasteiger partial charge in [0.15, 0.2) is 16.9 Å². The van der Waals surface area contributed by atoms with E-state index in [1.807, 2.05) is 80.2 Å². The van der Waals surface area contributed by atoms with Crippen molar-refractivity contribution in [1.29, 1.82) is 0 Å². The van der Waals surface area contributed by atoms with Crippen molar-refractivity contribution in [1.82, 2.24) is 43.6 Å². The van der Waals surface area contributed by atoms with E-state index >= 15 is 0 Å². The molecule has 0 aliphatic heterocycles. The molecule has 390 valence electrons. The van der Waals surface area contributed by atoms with E-state index < -0.39 is 28.9 Å². The summed E-state index contributed by atoms with van der Waals surface area (Å²) in [4.78, 5) is 63.9. The minimum absolute atomic E-state index is 0.0530. The summed E-state index contributed by atoms with van der Waals surface area (Å²) in [5, 5.41) is 28.5. The fourth-order valence-corrected chi connectivity index (χ4v) is 8.20. The molecule has 9 rings (SSSR count). The summed E-state index contributed by atoms with van der Waals surface area (Å²) in [6, 6.07) is 17.7. The first-order chi connectivity index (χ1) is 34.5. The maximum Gasteiger partial charge on any atom is 0.244 e. The van der Waals surface area contributed by atoms with Crippen LogP contribution in [0.25, 0.3) is 39.2 Å². The highest BCUT2D eigenvalue weighted by molar-refractivity contribution is 5.93. The van der Waals surface area contributed by atoms with Crippen LogP contribution in [-0.2, 0) is 14.4 Å². The zero-order valence-electron chi connectivity index (χ0n) is 43.1. The number of alkyl halides is 2. The molecule has 17 nitrogen and oxygen atoms in total. The number of imidazole rings is 3. The molecule has 0 bridgehead atoms. The van der Waals surface area contributed by atoms with Gasteiger partial charge < -0.3 is 10.2 Å². The minimum atomic E-state index is -2.56. The van der Waals surface area contributed by atoms with Crippen LogP contribution in [0.5, 0.6) is 0 Å². The molecule has 20 heteroatoms. The number of benzene rings is 1. The third kappa shape index (κ3) is 13.1. The molecule has 5 N–H and O–H groups in total. The molecule has 2 fully saturated rings. The molecule has 73 heavy (non-hydrogen) atoms. The predicted octanol–water partition coefficient (Wildman–Crippen LogP) is 10.4. The largest absolute Gasteiger partial charge is 0.390 e. The Morgan fingerprint density at radius 3 is 1.33 bits per heavy atom. The van der Waals surface area contributed by atoms with Crippen LogP contribution in [0.4, 0.5) is 31.0 Å². The molecule has 0 radical (unpaired) electrons. The number of halogens is 3. The number of nitrogens with zero attached hydrogens (tertiary/aromatic N) is 9. The van der Waals surface area contributed by atoms with Crippen LogP contribution in [0.3, 0.4) is 0 Å². The Kier molecular flexibility index (Phi) is 16.4. The van der Waals surface area contributed by atoms with E-state index in [9.17, 15) is 37.8 Å². The van der Waals surface area contributed by atoms with E-state index in [1.165, 1.54) is 32.4 Å². The average Bonchev–Trinajstić information content (AvgIpc) is 3.92. The van der Waals surface area contributed by atoms with Crippen molar-refractivity contribution in [2.75, 3.05) is 16.0 Å². The molecule has 2 aliphatic rings. The van der Waals surface area contributed by atoms with Gasteiger partial charge in [-0.3, -0.25) is 44.0 Å². The number of aromatic nitrogens is 9. The number of hydrogen-bond donors (Lipinski definition) is 5. The highest BCUT2D eigenvalue weighted by atomic mass is 19.3. The number of aliphatic hydroxyl groups is 2. The van der Waals surface area contributed by atoms with Gasteiger partial charge in [0, 0.05) is 41.0 Å². The number of hydrogen-bond acceptors (Lipinski definition) is 11. The van der Waals surface area contributed by atoms with Gasteiger partial charge >= 0.3 is 0 Å². The summed E-state index contributed by atoms with van der Waals surface area (Å²) in [5.41, 5.74) is 4.02. The molecule has 6 heterocycles. The van der Waals surface area contributed by atoms with Gasteiger partial charge in [0.05, 0.1) is 29.7 Å². The third-order valence-electron chi connectivity index (χ3n) is 13.5. The molecule has 2 saturated carbocycles. The summed E-state index contributed by atoms with van der Waals surface area (Å²) < 4.78 is 44.9. The van der Waals surface area contributed by atoms with Crippen molar-refractivity contribution in [3.8, 4) is 5.69 Å². The smallest absolute Gasteiger partial charge is 0.244 e. The first kappa shape index (κ1) is 54.0. The lowest BCUT2D eigenvalue weighted by atomic mass is 9.89. The van der Waals surface area contributed by atoms with Crippen molar-refractivity contribution in [2.24, 2.45) is 5.41 Å². The SMILES string of the molecule is CCC(C)(O)CC(=O)Nc1nc2ccc(C)nc2n1-c1ccc(F)cc1.CCC(C)(O)CC(=O)Nc1nc2ccc(C)nc2n1C1CCC1.Cc1ccc2nc(NC(=O)CC(C)(C)C(F)F)n(C3CCC3)c2n1. The molecule has 2 unspecified atom stereocenters. The first-order valence-corrected chi connectivity index (χ1v) is 24.9. The van der Waals surface area contributed by atoms with Gasteiger partial charge in [-0.05, 0) is 147 Å². The Labute approximate surface area is 422 Å². The van der Waals surface area contributed by atoms with E-state index in [0.717, 1.165) is 66.0 Å². The Bertz CT molecular complexity index is 3100. The lowest BCUT2D eigenvalue weighted by Crippen LogP contribution is -2.31. The molecule has 7 aromatic rings. The molecule has 0 saturated heterocycles.